The quantitative estimate of drug-likeness (QED) is 0.619. The monoisotopic (exact) mass is 425 g/mol. The molecule has 1 aliphatic carbocycles. The van der Waals surface area contributed by atoms with Gasteiger partial charge in [-0.1, -0.05) is 31.4 Å². The molecule has 0 unspecified atom stereocenters. The molecule has 0 aromatic heterocycles. The van der Waals surface area contributed by atoms with Crippen LogP contribution in [-0.4, -0.2) is 38.4 Å². The summed E-state index contributed by atoms with van der Waals surface area (Å²) < 4.78 is 21.7. The van der Waals surface area contributed by atoms with E-state index in [1.54, 1.807) is 14.2 Å². The molecule has 31 heavy (non-hydrogen) atoms. The Hall–Kier alpha value is -2.89. The van der Waals surface area contributed by atoms with Crippen LogP contribution in [-0.2, 0) is 17.8 Å². The van der Waals surface area contributed by atoms with Crippen LogP contribution in [0.4, 0.5) is 0 Å². The summed E-state index contributed by atoms with van der Waals surface area (Å²) >= 11 is 0. The molecule has 1 heterocycles. The molecule has 2 aromatic rings. The van der Waals surface area contributed by atoms with Gasteiger partial charge < -0.3 is 23.8 Å². The normalized spacial score (nSPS) is 15.5. The molecule has 0 bridgehead atoms. The van der Waals surface area contributed by atoms with Gasteiger partial charge in [0, 0.05) is 19.0 Å². The Kier molecular flexibility index (Phi) is 6.85. The molecule has 166 valence electrons. The topological polar surface area (TPSA) is 57.2 Å². The van der Waals surface area contributed by atoms with Gasteiger partial charge >= 0.3 is 0 Å². The molecule has 6 nitrogen and oxygen atoms in total. The summed E-state index contributed by atoms with van der Waals surface area (Å²) in [5.74, 6) is 3.33. The van der Waals surface area contributed by atoms with E-state index in [0.29, 0.717) is 24.6 Å². The summed E-state index contributed by atoms with van der Waals surface area (Å²) in [6.07, 6.45) is 6.26. The molecular weight excluding hydrogens is 394 g/mol. The van der Waals surface area contributed by atoms with Crippen molar-refractivity contribution in [3.05, 3.63) is 47.5 Å². The second kappa shape index (κ2) is 9.94. The Bertz CT molecular complexity index is 907. The standard InChI is InChI=1S/C25H31NO5/c1-28-21-10-8-18(14-23(21)29-2)12-13-26(25(27)20-6-4-3-5-7-20)16-19-9-11-22-24(15-19)31-17-30-22/h8-11,14-15,20H,3-7,12-13,16-17H2,1-2H3. The minimum atomic E-state index is 0.133. The van der Waals surface area contributed by atoms with Crippen LogP contribution in [0, 0.1) is 5.92 Å². The highest BCUT2D eigenvalue weighted by Crippen LogP contribution is 2.33. The van der Waals surface area contributed by atoms with Crippen molar-refractivity contribution in [1.29, 1.82) is 0 Å². The van der Waals surface area contributed by atoms with E-state index in [0.717, 1.165) is 54.7 Å². The van der Waals surface area contributed by atoms with Crippen molar-refractivity contribution in [3.8, 4) is 23.0 Å². The molecule has 1 amide bonds. The van der Waals surface area contributed by atoms with Crippen molar-refractivity contribution < 1.29 is 23.7 Å². The number of methoxy groups -OCH3 is 2. The van der Waals surface area contributed by atoms with Crippen LogP contribution < -0.4 is 18.9 Å². The van der Waals surface area contributed by atoms with E-state index in [1.807, 2.05) is 41.3 Å². The molecule has 4 rings (SSSR count). The Morgan fingerprint density at radius 2 is 1.68 bits per heavy atom. The fourth-order valence-electron chi connectivity index (χ4n) is 4.43. The number of fused-ring (bicyclic) bond motifs is 1. The number of ether oxygens (including phenoxy) is 4. The molecule has 0 N–H and O–H groups in total. The Labute approximate surface area is 184 Å². The highest BCUT2D eigenvalue weighted by atomic mass is 16.7. The third kappa shape index (κ3) is 5.06. The van der Waals surface area contributed by atoms with Crippen LogP contribution in [0.1, 0.15) is 43.2 Å². The van der Waals surface area contributed by atoms with Gasteiger partial charge in [0.05, 0.1) is 14.2 Å². The lowest BCUT2D eigenvalue weighted by Gasteiger charge is -2.29. The maximum absolute atomic E-state index is 13.4. The molecule has 2 aromatic carbocycles. The van der Waals surface area contributed by atoms with E-state index < -0.39 is 0 Å². The van der Waals surface area contributed by atoms with Gasteiger partial charge in [-0.3, -0.25) is 4.79 Å². The van der Waals surface area contributed by atoms with Crippen LogP contribution >= 0.6 is 0 Å². The van der Waals surface area contributed by atoms with Gasteiger partial charge in [0.15, 0.2) is 23.0 Å². The highest BCUT2D eigenvalue weighted by molar-refractivity contribution is 5.79. The Balaban J connectivity index is 1.50. The van der Waals surface area contributed by atoms with Crippen LogP contribution in [0.25, 0.3) is 0 Å². The first-order chi connectivity index (χ1) is 15.2. The van der Waals surface area contributed by atoms with Gasteiger partial charge in [0.1, 0.15) is 0 Å². The van der Waals surface area contributed by atoms with E-state index in [-0.39, 0.29) is 18.6 Å². The third-order valence-corrected chi connectivity index (χ3v) is 6.19. The van der Waals surface area contributed by atoms with Crippen LogP contribution in [0.5, 0.6) is 23.0 Å². The predicted molar refractivity (Wildman–Crippen MR) is 118 cm³/mol. The molecule has 1 fully saturated rings. The first-order valence-electron chi connectivity index (χ1n) is 11.1. The van der Waals surface area contributed by atoms with Gasteiger partial charge in [-0.2, -0.15) is 0 Å². The van der Waals surface area contributed by atoms with Crippen LogP contribution in [0.3, 0.4) is 0 Å². The zero-order valence-corrected chi connectivity index (χ0v) is 18.4. The predicted octanol–water partition coefficient (Wildman–Crippen LogP) is 4.58. The summed E-state index contributed by atoms with van der Waals surface area (Å²) in [5.41, 5.74) is 2.17. The zero-order chi connectivity index (χ0) is 21.6. The lowest BCUT2D eigenvalue weighted by molar-refractivity contribution is -0.137. The molecule has 0 radical (unpaired) electrons. The maximum atomic E-state index is 13.4. The lowest BCUT2D eigenvalue weighted by Crippen LogP contribution is -2.38. The molecule has 0 saturated heterocycles. The summed E-state index contributed by atoms with van der Waals surface area (Å²) in [7, 11) is 3.27. The Morgan fingerprint density at radius 3 is 2.45 bits per heavy atom. The third-order valence-electron chi connectivity index (χ3n) is 6.19. The van der Waals surface area contributed by atoms with Crippen molar-refractivity contribution in [2.24, 2.45) is 5.92 Å². The fraction of sp³-hybridized carbons (Fsp3) is 0.480. The number of hydrogen-bond acceptors (Lipinski definition) is 5. The number of benzene rings is 2. The van der Waals surface area contributed by atoms with Gasteiger partial charge in [-0.25, -0.2) is 0 Å². The van der Waals surface area contributed by atoms with Crippen molar-refractivity contribution in [2.75, 3.05) is 27.6 Å². The second-order valence-electron chi connectivity index (χ2n) is 8.22. The average molecular weight is 426 g/mol. The maximum Gasteiger partial charge on any atom is 0.231 e. The average Bonchev–Trinajstić information content (AvgIpc) is 3.29. The number of hydrogen-bond donors (Lipinski definition) is 0. The van der Waals surface area contributed by atoms with E-state index in [4.69, 9.17) is 18.9 Å². The largest absolute Gasteiger partial charge is 0.493 e. The fourth-order valence-corrected chi connectivity index (χ4v) is 4.43. The smallest absolute Gasteiger partial charge is 0.231 e. The minimum absolute atomic E-state index is 0.133. The Morgan fingerprint density at radius 1 is 0.935 bits per heavy atom. The summed E-state index contributed by atoms with van der Waals surface area (Å²) in [6.45, 7) is 1.47. The van der Waals surface area contributed by atoms with Gasteiger partial charge in [0.25, 0.3) is 0 Å². The van der Waals surface area contributed by atoms with Crippen molar-refractivity contribution in [3.63, 3.8) is 0 Å². The second-order valence-corrected chi connectivity index (χ2v) is 8.22. The molecule has 6 heteroatoms. The zero-order valence-electron chi connectivity index (χ0n) is 18.4. The SMILES string of the molecule is COc1ccc(CCN(Cc2ccc3c(c2)OCO3)C(=O)C2CCCCC2)cc1OC. The number of rotatable bonds is 8. The first kappa shape index (κ1) is 21.3. The highest BCUT2D eigenvalue weighted by Gasteiger charge is 2.26. The minimum Gasteiger partial charge on any atom is -0.493 e. The summed E-state index contributed by atoms with van der Waals surface area (Å²) in [4.78, 5) is 15.4. The van der Waals surface area contributed by atoms with Crippen molar-refractivity contribution in [1.82, 2.24) is 4.90 Å². The molecule has 2 aliphatic rings. The van der Waals surface area contributed by atoms with E-state index in [9.17, 15) is 4.79 Å². The number of carbonyl (C=O) groups excluding carboxylic acids is 1. The van der Waals surface area contributed by atoms with Crippen molar-refractivity contribution in [2.45, 2.75) is 45.1 Å². The van der Waals surface area contributed by atoms with Crippen molar-refractivity contribution >= 4 is 5.91 Å². The molecule has 0 spiro atoms. The lowest BCUT2D eigenvalue weighted by atomic mass is 9.88. The summed E-state index contributed by atoms with van der Waals surface area (Å²) in [5, 5.41) is 0. The van der Waals surface area contributed by atoms with Gasteiger partial charge in [0.2, 0.25) is 12.7 Å². The summed E-state index contributed by atoms with van der Waals surface area (Å²) in [6, 6.07) is 11.9. The first-order valence-corrected chi connectivity index (χ1v) is 11.1. The van der Waals surface area contributed by atoms with Gasteiger partial charge in [-0.05, 0) is 54.7 Å². The van der Waals surface area contributed by atoms with Crippen LogP contribution in [0.15, 0.2) is 36.4 Å². The molecule has 1 aliphatic heterocycles. The number of carbonyl (C=O) groups is 1. The molecule has 0 atom stereocenters. The molecular formula is C25H31NO5. The van der Waals surface area contributed by atoms with E-state index in [1.165, 1.54) is 6.42 Å². The van der Waals surface area contributed by atoms with Crippen LogP contribution in [0.2, 0.25) is 0 Å². The molecule has 1 saturated carbocycles. The van der Waals surface area contributed by atoms with E-state index >= 15 is 0 Å². The number of amides is 1. The number of nitrogens with zero attached hydrogens (tertiary/aromatic N) is 1. The van der Waals surface area contributed by atoms with Gasteiger partial charge in [-0.15, -0.1) is 0 Å². The van der Waals surface area contributed by atoms with E-state index in [2.05, 4.69) is 0 Å².